The van der Waals surface area contributed by atoms with Crippen molar-refractivity contribution in [2.75, 3.05) is 11.9 Å². The van der Waals surface area contributed by atoms with Crippen LogP contribution in [0.3, 0.4) is 0 Å². The van der Waals surface area contributed by atoms with Crippen LogP contribution in [0.1, 0.15) is 27.6 Å². The highest BCUT2D eigenvalue weighted by Gasteiger charge is 2.41. The van der Waals surface area contributed by atoms with Crippen molar-refractivity contribution >= 4 is 29.4 Å². The molecule has 0 aliphatic carbocycles. The maximum Gasteiger partial charge on any atom is 0.387 e. The number of nitrogens with zero attached hydrogens (tertiary/aromatic N) is 1. The molecule has 0 radical (unpaired) electrons. The average molecular weight is 418 g/mol. The lowest BCUT2D eigenvalue weighted by Crippen LogP contribution is -2.44. The lowest BCUT2D eigenvalue weighted by Gasteiger charge is -2.20. The Hall–Kier alpha value is -3.82. The van der Waals surface area contributed by atoms with Crippen LogP contribution in [0, 0.1) is 0 Å². The molecule has 0 saturated heterocycles. The number of hydrogen-bond acceptors (Lipinski definition) is 6. The van der Waals surface area contributed by atoms with Gasteiger partial charge in [0.2, 0.25) is 0 Å². The summed E-state index contributed by atoms with van der Waals surface area (Å²) in [7, 11) is 0. The first kappa shape index (κ1) is 20.9. The zero-order valence-corrected chi connectivity index (χ0v) is 15.6. The summed E-state index contributed by atoms with van der Waals surface area (Å²) in [5.41, 5.74) is 0.318. The Bertz CT molecular complexity index is 975. The number of ether oxygens (including phenoxy) is 2. The minimum atomic E-state index is -3.08. The molecule has 1 heterocycles. The van der Waals surface area contributed by atoms with Crippen molar-refractivity contribution in [2.45, 2.75) is 19.6 Å². The van der Waals surface area contributed by atoms with Crippen molar-refractivity contribution in [3.05, 3.63) is 59.7 Å². The Labute approximate surface area is 169 Å². The number of carbonyl (C=O) groups excluding carboxylic acids is 4. The van der Waals surface area contributed by atoms with Crippen molar-refractivity contribution < 1.29 is 37.4 Å². The van der Waals surface area contributed by atoms with Gasteiger partial charge in [0.1, 0.15) is 11.8 Å². The largest absolute Gasteiger partial charge is 0.454 e. The van der Waals surface area contributed by atoms with E-state index < -0.39 is 43.0 Å². The molecule has 10 heteroatoms. The topological polar surface area (TPSA) is 102 Å². The first-order valence-corrected chi connectivity index (χ1v) is 8.77. The highest BCUT2D eigenvalue weighted by molar-refractivity contribution is 6.22. The average Bonchev–Trinajstić information content (AvgIpc) is 2.97. The fraction of sp³-hybridized carbons (Fsp3) is 0.200. The SMILES string of the molecule is CC(C(=O)OCC(=O)Nc1ccccc1OC(F)F)N1C(=O)c2ccccc2C1=O. The minimum absolute atomic E-state index is 0.0350. The molecule has 1 aliphatic heterocycles. The van der Waals surface area contributed by atoms with Gasteiger partial charge in [-0.15, -0.1) is 0 Å². The molecule has 156 valence electrons. The van der Waals surface area contributed by atoms with Gasteiger partial charge in [-0.2, -0.15) is 8.78 Å². The zero-order valence-electron chi connectivity index (χ0n) is 15.6. The predicted octanol–water partition coefficient (Wildman–Crippen LogP) is 2.45. The van der Waals surface area contributed by atoms with Crippen molar-refractivity contribution in [3.63, 3.8) is 0 Å². The molecule has 2 aromatic carbocycles. The normalized spacial score (nSPS) is 13.8. The van der Waals surface area contributed by atoms with E-state index in [2.05, 4.69) is 10.1 Å². The molecule has 1 atom stereocenters. The van der Waals surface area contributed by atoms with E-state index in [4.69, 9.17) is 4.74 Å². The molecule has 2 aromatic rings. The smallest absolute Gasteiger partial charge is 0.387 e. The van der Waals surface area contributed by atoms with Crippen LogP contribution in [0.25, 0.3) is 0 Å². The van der Waals surface area contributed by atoms with Gasteiger partial charge in [-0.3, -0.25) is 19.3 Å². The molecule has 3 rings (SSSR count). The predicted molar refractivity (Wildman–Crippen MR) is 99.1 cm³/mol. The van der Waals surface area contributed by atoms with Crippen LogP contribution in [0.15, 0.2) is 48.5 Å². The van der Waals surface area contributed by atoms with Crippen molar-refractivity contribution in [1.82, 2.24) is 4.90 Å². The lowest BCUT2D eigenvalue weighted by atomic mass is 10.1. The molecular weight excluding hydrogens is 402 g/mol. The molecule has 3 amide bonds. The Morgan fingerprint density at radius 2 is 1.57 bits per heavy atom. The number of amides is 3. The monoisotopic (exact) mass is 418 g/mol. The summed E-state index contributed by atoms with van der Waals surface area (Å²) in [6, 6.07) is 10.4. The summed E-state index contributed by atoms with van der Waals surface area (Å²) in [6.45, 7) is -2.54. The molecule has 30 heavy (non-hydrogen) atoms. The number of hydrogen-bond donors (Lipinski definition) is 1. The van der Waals surface area contributed by atoms with Crippen LogP contribution in [0.5, 0.6) is 5.75 Å². The maximum atomic E-state index is 12.4. The van der Waals surface area contributed by atoms with Crippen molar-refractivity contribution in [1.29, 1.82) is 0 Å². The second-order valence-electron chi connectivity index (χ2n) is 6.23. The number of alkyl halides is 2. The van der Waals surface area contributed by atoms with E-state index in [1.54, 1.807) is 12.1 Å². The number of fused-ring (bicyclic) bond motifs is 1. The van der Waals surface area contributed by atoms with Gasteiger partial charge < -0.3 is 14.8 Å². The van der Waals surface area contributed by atoms with Crippen molar-refractivity contribution in [2.24, 2.45) is 0 Å². The van der Waals surface area contributed by atoms with E-state index in [0.717, 1.165) is 4.90 Å². The highest BCUT2D eigenvalue weighted by Crippen LogP contribution is 2.26. The summed E-state index contributed by atoms with van der Waals surface area (Å²) in [4.78, 5) is 49.9. The van der Waals surface area contributed by atoms with E-state index in [0.29, 0.717) is 0 Å². The quantitative estimate of drug-likeness (QED) is 0.548. The molecule has 0 aromatic heterocycles. The van der Waals surface area contributed by atoms with E-state index in [1.165, 1.54) is 43.3 Å². The number of para-hydroxylation sites is 2. The van der Waals surface area contributed by atoms with Gasteiger partial charge in [0.15, 0.2) is 6.61 Å². The molecule has 0 saturated carbocycles. The number of anilines is 1. The fourth-order valence-electron chi connectivity index (χ4n) is 2.88. The summed E-state index contributed by atoms with van der Waals surface area (Å²) in [5.74, 6) is -3.32. The standard InChI is InChI=1S/C20H16F2N2O6/c1-11(24-17(26)12-6-2-3-7-13(12)18(24)27)19(28)29-10-16(25)23-14-8-4-5-9-15(14)30-20(21)22/h2-9,11,20H,10H2,1H3,(H,23,25). The minimum Gasteiger partial charge on any atom is -0.454 e. The van der Waals surface area contributed by atoms with Gasteiger partial charge in [-0.05, 0) is 31.2 Å². The van der Waals surface area contributed by atoms with E-state index >= 15 is 0 Å². The number of halogens is 2. The van der Waals surface area contributed by atoms with Crippen LogP contribution in [-0.4, -0.2) is 47.9 Å². The molecular formula is C20H16F2N2O6. The molecule has 1 N–H and O–H groups in total. The van der Waals surface area contributed by atoms with E-state index in [-0.39, 0.29) is 22.6 Å². The second-order valence-corrected chi connectivity index (χ2v) is 6.23. The van der Waals surface area contributed by atoms with Gasteiger partial charge >= 0.3 is 12.6 Å². The molecule has 1 aliphatic rings. The van der Waals surface area contributed by atoms with Gasteiger partial charge in [-0.1, -0.05) is 24.3 Å². The van der Waals surface area contributed by atoms with E-state index in [9.17, 15) is 28.0 Å². The number of rotatable bonds is 7. The van der Waals surface area contributed by atoms with Gasteiger partial charge in [0.25, 0.3) is 17.7 Å². The molecule has 0 spiro atoms. The molecule has 0 fully saturated rings. The number of benzene rings is 2. The van der Waals surface area contributed by atoms with Crippen LogP contribution < -0.4 is 10.1 Å². The first-order chi connectivity index (χ1) is 14.3. The third-order valence-electron chi connectivity index (χ3n) is 4.28. The van der Waals surface area contributed by atoms with Gasteiger partial charge in [0, 0.05) is 0 Å². The van der Waals surface area contributed by atoms with Crippen LogP contribution in [0.2, 0.25) is 0 Å². The third-order valence-corrected chi connectivity index (χ3v) is 4.28. The first-order valence-electron chi connectivity index (χ1n) is 8.77. The fourth-order valence-corrected chi connectivity index (χ4v) is 2.88. The Kier molecular flexibility index (Phi) is 6.05. The lowest BCUT2D eigenvalue weighted by molar-refractivity contribution is -0.150. The molecule has 8 nitrogen and oxygen atoms in total. The Morgan fingerprint density at radius 3 is 2.17 bits per heavy atom. The van der Waals surface area contributed by atoms with Crippen LogP contribution >= 0.6 is 0 Å². The summed E-state index contributed by atoms with van der Waals surface area (Å²) in [6.07, 6.45) is 0. The summed E-state index contributed by atoms with van der Waals surface area (Å²) in [5, 5.41) is 2.29. The van der Waals surface area contributed by atoms with Gasteiger partial charge in [-0.25, -0.2) is 4.79 Å². The molecule has 0 bridgehead atoms. The number of carbonyl (C=O) groups is 4. The van der Waals surface area contributed by atoms with E-state index in [1.807, 2.05) is 0 Å². The molecule has 1 unspecified atom stereocenters. The number of nitrogens with one attached hydrogen (secondary N) is 1. The highest BCUT2D eigenvalue weighted by atomic mass is 19.3. The summed E-state index contributed by atoms with van der Waals surface area (Å²) < 4.78 is 34.0. The van der Waals surface area contributed by atoms with Crippen molar-refractivity contribution in [3.8, 4) is 5.75 Å². The summed E-state index contributed by atoms with van der Waals surface area (Å²) >= 11 is 0. The van der Waals surface area contributed by atoms with Crippen LogP contribution in [0.4, 0.5) is 14.5 Å². The third kappa shape index (κ3) is 4.27. The number of imide groups is 1. The Balaban J connectivity index is 1.59. The van der Waals surface area contributed by atoms with Crippen LogP contribution in [-0.2, 0) is 14.3 Å². The van der Waals surface area contributed by atoms with Gasteiger partial charge in [0.05, 0.1) is 16.8 Å². The maximum absolute atomic E-state index is 12.4. The Morgan fingerprint density at radius 1 is 1.00 bits per heavy atom. The second kappa shape index (κ2) is 8.68. The zero-order chi connectivity index (χ0) is 21.8. The number of esters is 1.